The number of allylic oxidation sites excluding steroid dienone is 1. The Morgan fingerprint density at radius 2 is 0.964 bits per heavy atom. The lowest BCUT2D eigenvalue weighted by molar-refractivity contribution is -0.147. The van der Waals surface area contributed by atoms with Crippen molar-refractivity contribution in [1.82, 2.24) is 0 Å². The number of ether oxygens (including phenoxy) is 2. The number of carbonyl (C=O) groups excluding carboxylic acids is 2. The molecule has 0 saturated carbocycles. The van der Waals surface area contributed by atoms with Gasteiger partial charge in [0, 0.05) is 6.42 Å². The van der Waals surface area contributed by atoms with E-state index in [1.165, 1.54) is 64.2 Å². The lowest BCUT2D eigenvalue weighted by Crippen LogP contribution is -2.20. The van der Waals surface area contributed by atoms with Gasteiger partial charge in [-0.3, -0.25) is 0 Å². The van der Waals surface area contributed by atoms with Gasteiger partial charge < -0.3 is 14.6 Å². The van der Waals surface area contributed by atoms with Crippen LogP contribution in [0.4, 0.5) is 0 Å². The maximum atomic E-state index is 11.9. The number of unbranched alkanes of at least 4 members (excludes halogenated alkanes) is 12. The highest BCUT2D eigenvalue weighted by molar-refractivity contribution is 6.14. The Morgan fingerprint density at radius 3 is 1.32 bits per heavy atom. The molecule has 1 N–H and O–H groups in total. The fraction of sp³-hybridized carbons (Fsp3) is 0.826. The minimum Gasteiger partial charge on any atom is -0.511 e. The Bertz CT molecular complexity index is 422. The SMILES string of the molecule is CCCCCCCCCCCCCCCC(O)=C(C(=O)OCC)C(=O)OCC. The van der Waals surface area contributed by atoms with Gasteiger partial charge in [-0.1, -0.05) is 84.0 Å². The molecule has 0 unspecified atom stereocenters. The average Bonchev–Trinajstić information content (AvgIpc) is 2.66. The van der Waals surface area contributed by atoms with E-state index in [4.69, 9.17) is 9.47 Å². The van der Waals surface area contributed by atoms with Crippen LogP contribution in [0.15, 0.2) is 11.3 Å². The molecule has 0 aliphatic heterocycles. The highest BCUT2D eigenvalue weighted by atomic mass is 16.6. The van der Waals surface area contributed by atoms with Crippen LogP contribution in [-0.4, -0.2) is 30.3 Å². The third-order valence-corrected chi connectivity index (χ3v) is 4.76. The van der Waals surface area contributed by atoms with Gasteiger partial charge in [-0.2, -0.15) is 0 Å². The highest BCUT2D eigenvalue weighted by Crippen LogP contribution is 2.17. The van der Waals surface area contributed by atoms with Crippen LogP contribution in [-0.2, 0) is 19.1 Å². The summed E-state index contributed by atoms with van der Waals surface area (Å²) in [4.78, 5) is 23.8. The predicted molar refractivity (Wildman–Crippen MR) is 113 cm³/mol. The molecule has 0 heterocycles. The van der Waals surface area contributed by atoms with Gasteiger partial charge in [0.2, 0.25) is 0 Å². The van der Waals surface area contributed by atoms with Crippen LogP contribution in [0.2, 0.25) is 0 Å². The zero-order valence-corrected chi connectivity index (χ0v) is 18.4. The van der Waals surface area contributed by atoms with Gasteiger partial charge in [-0.25, -0.2) is 9.59 Å². The van der Waals surface area contributed by atoms with E-state index in [9.17, 15) is 14.7 Å². The monoisotopic (exact) mass is 398 g/mol. The predicted octanol–water partition coefficient (Wildman–Crippen LogP) is 6.41. The van der Waals surface area contributed by atoms with Crippen molar-refractivity contribution in [1.29, 1.82) is 0 Å². The summed E-state index contributed by atoms with van der Waals surface area (Å²) in [5.74, 6) is -1.85. The second-order valence-corrected chi connectivity index (χ2v) is 7.26. The highest BCUT2D eigenvalue weighted by Gasteiger charge is 2.25. The van der Waals surface area contributed by atoms with Crippen LogP contribution in [0.1, 0.15) is 111 Å². The van der Waals surface area contributed by atoms with Crippen LogP contribution in [0.5, 0.6) is 0 Å². The quantitative estimate of drug-likeness (QED) is 0.0721. The van der Waals surface area contributed by atoms with Crippen molar-refractivity contribution >= 4 is 11.9 Å². The molecule has 0 aliphatic carbocycles. The van der Waals surface area contributed by atoms with Crippen molar-refractivity contribution in [3.8, 4) is 0 Å². The molecule has 0 bridgehead atoms. The first kappa shape index (κ1) is 26.5. The summed E-state index contributed by atoms with van der Waals surface area (Å²) < 4.78 is 9.71. The van der Waals surface area contributed by atoms with Crippen molar-refractivity contribution in [3.63, 3.8) is 0 Å². The number of carbonyl (C=O) groups is 2. The molecule has 5 heteroatoms. The number of hydrogen-bond donors (Lipinski definition) is 1. The van der Waals surface area contributed by atoms with Gasteiger partial charge in [0.1, 0.15) is 5.76 Å². The van der Waals surface area contributed by atoms with Crippen LogP contribution in [0, 0.1) is 0 Å². The Hall–Kier alpha value is -1.52. The first-order valence-electron chi connectivity index (χ1n) is 11.3. The zero-order valence-electron chi connectivity index (χ0n) is 18.4. The van der Waals surface area contributed by atoms with E-state index in [-0.39, 0.29) is 24.5 Å². The van der Waals surface area contributed by atoms with Crippen molar-refractivity contribution < 1.29 is 24.2 Å². The molecular formula is C23H42O5. The molecule has 164 valence electrons. The standard InChI is InChI=1S/C23H42O5/c1-4-7-8-9-10-11-12-13-14-15-16-17-18-19-20(24)21(22(25)27-5-2)23(26)28-6-3/h24H,4-19H2,1-3H3. The Balaban J connectivity index is 3.92. The molecule has 0 spiro atoms. The Kier molecular flexibility index (Phi) is 17.8. The third kappa shape index (κ3) is 13.6. The zero-order chi connectivity index (χ0) is 21.0. The van der Waals surface area contributed by atoms with E-state index in [1.54, 1.807) is 13.8 Å². The minimum atomic E-state index is -0.812. The van der Waals surface area contributed by atoms with Crippen LogP contribution < -0.4 is 0 Å². The van der Waals surface area contributed by atoms with E-state index in [2.05, 4.69) is 6.92 Å². The van der Waals surface area contributed by atoms with Gasteiger partial charge in [0.15, 0.2) is 5.57 Å². The second kappa shape index (κ2) is 18.8. The fourth-order valence-corrected chi connectivity index (χ4v) is 3.16. The van der Waals surface area contributed by atoms with E-state index in [1.807, 2.05) is 0 Å². The van der Waals surface area contributed by atoms with Crippen LogP contribution in [0.25, 0.3) is 0 Å². The largest absolute Gasteiger partial charge is 0.511 e. The van der Waals surface area contributed by atoms with Crippen molar-refractivity contribution in [3.05, 3.63) is 11.3 Å². The summed E-state index contributed by atoms with van der Waals surface area (Å²) in [6.07, 6.45) is 16.4. The topological polar surface area (TPSA) is 72.8 Å². The maximum absolute atomic E-state index is 11.9. The molecular weight excluding hydrogens is 356 g/mol. The number of aliphatic hydroxyl groups is 1. The summed E-state index contributed by atoms with van der Waals surface area (Å²) in [7, 11) is 0. The molecule has 0 atom stereocenters. The van der Waals surface area contributed by atoms with Gasteiger partial charge in [-0.05, 0) is 20.3 Å². The van der Waals surface area contributed by atoms with Crippen LogP contribution >= 0.6 is 0 Å². The number of aliphatic hydroxyl groups excluding tert-OH is 1. The Labute approximate surface area is 171 Å². The third-order valence-electron chi connectivity index (χ3n) is 4.76. The van der Waals surface area contributed by atoms with Gasteiger partial charge in [-0.15, -0.1) is 0 Å². The number of hydrogen-bond acceptors (Lipinski definition) is 5. The molecule has 28 heavy (non-hydrogen) atoms. The second-order valence-electron chi connectivity index (χ2n) is 7.26. The van der Waals surface area contributed by atoms with Crippen molar-refractivity contribution in [2.75, 3.05) is 13.2 Å². The van der Waals surface area contributed by atoms with E-state index in [0.29, 0.717) is 6.42 Å². The Morgan fingerprint density at radius 1 is 0.607 bits per heavy atom. The summed E-state index contributed by atoms with van der Waals surface area (Å²) in [5.41, 5.74) is -0.359. The molecule has 0 fully saturated rings. The molecule has 0 radical (unpaired) electrons. The molecule has 0 rings (SSSR count). The van der Waals surface area contributed by atoms with E-state index in [0.717, 1.165) is 19.3 Å². The van der Waals surface area contributed by atoms with Crippen molar-refractivity contribution in [2.45, 2.75) is 111 Å². The summed E-state index contributed by atoms with van der Waals surface area (Å²) >= 11 is 0. The first-order chi connectivity index (χ1) is 13.6. The number of esters is 2. The van der Waals surface area contributed by atoms with Gasteiger partial charge >= 0.3 is 11.9 Å². The van der Waals surface area contributed by atoms with Gasteiger partial charge in [0.05, 0.1) is 13.2 Å². The van der Waals surface area contributed by atoms with E-state index < -0.39 is 11.9 Å². The molecule has 0 aromatic rings. The van der Waals surface area contributed by atoms with E-state index >= 15 is 0 Å². The lowest BCUT2D eigenvalue weighted by Gasteiger charge is -2.09. The normalized spacial score (nSPS) is 10.5. The molecule has 0 aromatic carbocycles. The molecule has 0 saturated heterocycles. The van der Waals surface area contributed by atoms with Gasteiger partial charge in [0.25, 0.3) is 0 Å². The summed E-state index contributed by atoms with van der Waals surface area (Å²) in [5, 5.41) is 10.2. The van der Waals surface area contributed by atoms with Crippen molar-refractivity contribution in [2.24, 2.45) is 0 Å². The fourth-order valence-electron chi connectivity index (χ4n) is 3.16. The van der Waals surface area contributed by atoms with Crippen LogP contribution in [0.3, 0.4) is 0 Å². The summed E-state index contributed by atoms with van der Waals surface area (Å²) in [6, 6.07) is 0. The molecule has 0 aromatic heterocycles. The smallest absolute Gasteiger partial charge is 0.349 e. The average molecular weight is 399 g/mol. The lowest BCUT2D eigenvalue weighted by atomic mass is 10.0. The maximum Gasteiger partial charge on any atom is 0.349 e. The molecule has 0 aliphatic rings. The minimum absolute atomic E-state index is 0.147. The summed E-state index contributed by atoms with van der Waals surface area (Å²) in [6.45, 7) is 5.85. The number of rotatable bonds is 18. The first-order valence-corrected chi connectivity index (χ1v) is 11.3. The molecule has 0 amide bonds. The molecule has 5 nitrogen and oxygen atoms in total.